The number of aryl methyl sites for hydroxylation is 1. The van der Waals surface area contributed by atoms with E-state index >= 15 is 0 Å². The Balaban J connectivity index is 2.15. The summed E-state index contributed by atoms with van der Waals surface area (Å²) in [5, 5.41) is 2.69. The second-order valence-corrected chi connectivity index (χ2v) is 5.07. The Morgan fingerprint density at radius 1 is 1.40 bits per heavy atom. The number of benzene rings is 1. The number of amides is 1. The van der Waals surface area contributed by atoms with Gasteiger partial charge in [0.2, 0.25) is 5.91 Å². The minimum absolute atomic E-state index is 0.0958. The molecule has 0 spiro atoms. The molecule has 0 unspecified atom stereocenters. The van der Waals surface area contributed by atoms with Crippen LogP contribution >= 0.6 is 15.9 Å². The van der Waals surface area contributed by atoms with E-state index in [0.29, 0.717) is 21.7 Å². The summed E-state index contributed by atoms with van der Waals surface area (Å²) in [6.07, 6.45) is 1.42. The Hall–Kier alpha value is -2.15. The van der Waals surface area contributed by atoms with Gasteiger partial charge in [0.05, 0.1) is 0 Å². The lowest BCUT2D eigenvalue weighted by Crippen LogP contribution is -2.30. The first-order chi connectivity index (χ1) is 9.47. The van der Waals surface area contributed by atoms with Crippen LogP contribution in [-0.4, -0.2) is 15.5 Å². The summed E-state index contributed by atoms with van der Waals surface area (Å²) in [7, 11) is 0. The third kappa shape index (κ3) is 3.24. The molecule has 6 nitrogen and oxygen atoms in total. The van der Waals surface area contributed by atoms with E-state index in [0.717, 1.165) is 0 Å². The van der Waals surface area contributed by atoms with Gasteiger partial charge in [-0.15, -0.1) is 0 Å². The molecule has 0 bridgehead atoms. The molecule has 0 saturated heterocycles. The Kier molecular flexibility index (Phi) is 4.19. The number of hydrogen-bond acceptors (Lipinski definition) is 4. The molecule has 0 radical (unpaired) electrons. The average Bonchev–Trinajstić information content (AvgIpc) is 2.42. The number of rotatable bonds is 3. The molecule has 1 heterocycles. The van der Waals surface area contributed by atoms with Gasteiger partial charge in [0.1, 0.15) is 16.8 Å². The molecular weight excluding hydrogens is 324 g/mol. The second kappa shape index (κ2) is 5.87. The van der Waals surface area contributed by atoms with Crippen LogP contribution < -0.4 is 16.6 Å². The van der Waals surface area contributed by atoms with Gasteiger partial charge in [0.15, 0.2) is 0 Å². The van der Waals surface area contributed by atoms with Gasteiger partial charge < -0.3 is 11.1 Å². The van der Waals surface area contributed by atoms with Gasteiger partial charge in [-0.05, 0) is 47.1 Å². The van der Waals surface area contributed by atoms with Gasteiger partial charge >= 0.3 is 0 Å². The first-order valence-corrected chi connectivity index (χ1v) is 6.64. The van der Waals surface area contributed by atoms with E-state index in [2.05, 4.69) is 26.2 Å². The number of carbonyl (C=O) groups excluding carboxylic acids is 1. The maximum Gasteiger partial charge on any atom is 0.268 e. The number of nitrogens with one attached hydrogen (secondary N) is 1. The predicted molar refractivity (Wildman–Crippen MR) is 80.4 cm³/mol. The Morgan fingerprint density at radius 2 is 2.05 bits per heavy atom. The van der Waals surface area contributed by atoms with Crippen molar-refractivity contribution in [3.8, 4) is 0 Å². The summed E-state index contributed by atoms with van der Waals surface area (Å²) in [5.74, 6) is 0.172. The molecule has 1 aromatic carbocycles. The van der Waals surface area contributed by atoms with Gasteiger partial charge in [0, 0.05) is 17.6 Å². The Bertz CT molecular complexity index is 695. The molecule has 2 rings (SSSR count). The van der Waals surface area contributed by atoms with Crippen LogP contribution in [0.5, 0.6) is 0 Å². The number of anilines is 2. The van der Waals surface area contributed by atoms with Crippen LogP contribution in [-0.2, 0) is 11.3 Å². The Morgan fingerprint density at radius 3 is 2.70 bits per heavy atom. The van der Waals surface area contributed by atoms with Gasteiger partial charge in [0.25, 0.3) is 5.56 Å². The van der Waals surface area contributed by atoms with Crippen molar-refractivity contribution >= 4 is 33.2 Å². The number of nitrogens with zero attached hydrogens (tertiary/aromatic N) is 2. The Labute approximate surface area is 123 Å². The zero-order chi connectivity index (χ0) is 14.7. The van der Waals surface area contributed by atoms with Gasteiger partial charge in [-0.2, -0.15) is 0 Å². The van der Waals surface area contributed by atoms with Crippen molar-refractivity contribution < 1.29 is 4.79 Å². The van der Waals surface area contributed by atoms with Crippen LogP contribution in [0.1, 0.15) is 5.82 Å². The predicted octanol–water partition coefficient (Wildman–Crippen LogP) is 1.54. The monoisotopic (exact) mass is 336 g/mol. The van der Waals surface area contributed by atoms with Crippen molar-refractivity contribution in [1.82, 2.24) is 9.55 Å². The number of halogens is 1. The molecule has 20 heavy (non-hydrogen) atoms. The summed E-state index contributed by atoms with van der Waals surface area (Å²) < 4.78 is 1.62. The molecule has 1 amide bonds. The quantitative estimate of drug-likeness (QED) is 0.832. The third-order valence-corrected chi connectivity index (χ3v) is 3.24. The zero-order valence-corrected chi connectivity index (χ0v) is 12.3. The highest BCUT2D eigenvalue weighted by molar-refractivity contribution is 9.10. The van der Waals surface area contributed by atoms with Crippen molar-refractivity contribution in [2.45, 2.75) is 13.5 Å². The van der Waals surface area contributed by atoms with E-state index in [1.54, 1.807) is 31.2 Å². The first-order valence-electron chi connectivity index (χ1n) is 5.84. The molecule has 104 valence electrons. The molecule has 0 aliphatic heterocycles. The maximum atomic E-state index is 11.9. The molecule has 0 aliphatic rings. The van der Waals surface area contributed by atoms with E-state index in [-0.39, 0.29) is 18.0 Å². The molecule has 1 aromatic heterocycles. The molecule has 7 heteroatoms. The van der Waals surface area contributed by atoms with Crippen LogP contribution in [0, 0.1) is 6.92 Å². The largest absolute Gasteiger partial charge is 0.399 e. The van der Waals surface area contributed by atoms with Crippen LogP contribution in [0.25, 0.3) is 0 Å². The smallest absolute Gasteiger partial charge is 0.268 e. The van der Waals surface area contributed by atoms with Crippen molar-refractivity contribution in [1.29, 1.82) is 0 Å². The van der Waals surface area contributed by atoms with E-state index < -0.39 is 0 Å². The molecular formula is C13H13BrN4O2. The first kappa shape index (κ1) is 14.3. The summed E-state index contributed by atoms with van der Waals surface area (Å²) in [5.41, 5.74) is 6.52. The normalized spacial score (nSPS) is 10.3. The summed E-state index contributed by atoms with van der Waals surface area (Å²) in [4.78, 5) is 27.9. The highest BCUT2D eigenvalue weighted by atomic mass is 79.9. The topological polar surface area (TPSA) is 90.0 Å². The number of aromatic nitrogens is 2. The van der Waals surface area contributed by atoms with Gasteiger partial charge in [-0.3, -0.25) is 14.2 Å². The molecule has 3 N–H and O–H groups in total. The summed E-state index contributed by atoms with van der Waals surface area (Å²) in [6.45, 7) is 1.58. The highest BCUT2D eigenvalue weighted by Gasteiger charge is 2.10. The number of carbonyl (C=O) groups is 1. The van der Waals surface area contributed by atoms with Crippen molar-refractivity contribution in [2.75, 3.05) is 11.1 Å². The fourth-order valence-corrected chi connectivity index (χ4v) is 1.96. The van der Waals surface area contributed by atoms with E-state index in [9.17, 15) is 9.59 Å². The van der Waals surface area contributed by atoms with Crippen molar-refractivity contribution in [2.24, 2.45) is 0 Å². The van der Waals surface area contributed by atoms with E-state index in [4.69, 9.17) is 5.73 Å². The minimum atomic E-state index is -0.306. The van der Waals surface area contributed by atoms with Gasteiger partial charge in [-0.25, -0.2) is 4.98 Å². The van der Waals surface area contributed by atoms with Crippen LogP contribution in [0.2, 0.25) is 0 Å². The molecule has 0 saturated carbocycles. The lowest BCUT2D eigenvalue weighted by Gasteiger charge is -2.10. The van der Waals surface area contributed by atoms with Crippen molar-refractivity contribution in [3.05, 3.63) is 51.1 Å². The van der Waals surface area contributed by atoms with Crippen molar-refractivity contribution in [3.63, 3.8) is 0 Å². The van der Waals surface area contributed by atoms with Gasteiger partial charge in [-0.1, -0.05) is 0 Å². The molecule has 2 aromatic rings. The van der Waals surface area contributed by atoms with E-state index in [1.165, 1.54) is 10.8 Å². The zero-order valence-electron chi connectivity index (χ0n) is 10.8. The molecule has 0 aliphatic carbocycles. The van der Waals surface area contributed by atoms with Crippen LogP contribution in [0.4, 0.5) is 11.4 Å². The lowest BCUT2D eigenvalue weighted by molar-refractivity contribution is -0.116. The molecule has 0 atom stereocenters. The highest BCUT2D eigenvalue weighted by Crippen LogP contribution is 2.10. The average molecular weight is 337 g/mol. The standard InChI is InChI=1S/C13H13BrN4O2/c1-8-16-6-11(14)13(20)18(8)7-12(19)17-10-4-2-9(15)3-5-10/h2-6H,7,15H2,1H3,(H,17,19). The lowest BCUT2D eigenvalue weighted by atomic mass is 10.3. The fourth-order valence-electron chi connectivity index (χ4n) is 1.65. The maximum absolute atomic E-state index is 11.9. The second-order valence-electron chi connectivity index (χ2n) is 4.21. The summed E-state index contributed by atoms with van der Waals surface area (Å²) in [6, 6.07) is 6.77. The fraction of sp³-hybridized carbons (Fsp3) is 0.154. The van der Waals surface area contributed by atoms with E-state index in [1.807, 2.05) is 0 Å². The number of nitrogen functional groups attached to an aromatic ring is 1. The molecule has 0 fully saturated rings. The van der Waals surface area contributed by atoms with Crippen LogP contribution in [0.3, 0.4) is 0 Å². The third-order valence-electron chi connectivity index (χ3n) is 2.70. The van der Waals surface area contributed by atoms with Crippen LogP contribution in [0.15, 0.2) is 39.7 Å². The number of nitrogens with two attached hydrogens (primary N) is 1. The SMILES string of the molecule is Cc1ncc(Br)c(=O)n1CC(=O)Nc1ccc(N)cc1. The minimum Gasteiger partial charge on any atom is -0.399 e. The summed E-state index contributed by atoms with van der Waals surface area (Å²) >= 11 is 3.10. The number of hydrogen-bond donors (Lipinski definition) is 2.